The van der Waals surface area contributed by atoms with Gasteiger partial charge in [-0.1, -0.05) is 33.6 Å². The van der Waals surface area contributed by atoms with Crippen LogP contribution in [0.15, 0.2) is 28.9 Å². The van der Waals surface area contributed by atoms with Crippen LogP contribution in [0.5, 0.6) is 0 Å². The van der Waals surface area contributed by atoms with E-state index in [1.165, 1.54) is 0 Å². The zero-order chi connectivity index (χ0) is 11.0. The van der Waals surface area contributed by atoms with Crippen molar-refractivity contribution in [3.05, 3.63) is 34.4 Å². The third-order valence-corrected chi connectivity index (χ3v) is 2.82. The van der Waals surface area contributed by atoms with Crippen LogP contribution in [0.3, 0.4) is 0 Å². The first-order chi connectivity index (χ1) is 7.09. The van der Waals surface area contributed by atoms with E-state index in [2.05, 4.69) is 20.9 Å². The Labute approximate surface area is 99.2 Å². The Balaban J connectivity index is 2.59. The number of aliphatic hydroxyl groups excluding tert-OH is 1. The topological polar surface area (TPSA) is 53.1 Å². The van der Waals surface area contributed by atoms with Crippen LogP contribution >= 0.6 is 27.5 Å². The first-order valence-corrected chi connectivity index (χ1v) is 5.45. The summed E-state index contributed by atoms with van der Waals surface area (Å²) in [5.41, 5.74) is -0.266. The van der Waals surface area contributed by atoms with Crippen LogP contribution in [-0.2, 0) is 0 Å². The first kappa shape index (κ1) is 10.7. The summed E-state index contributed by atoms with van der Waals surface area (Å²) in [5.74, 6) is -0.495. The molecule has 0 amide bonds. The number of hydrogen-bond donors (Lipinski definition) is 2. The molecule has 3 nitrogen and oxygen atoms in total. The van der Waals surface area contributed by atoms with Gasteiger partial charge in [-0.25, -0.2) is 0 Å². The number of halogens is 2. The zero-order valence-electron chi connectivity index (χ0n) is 7.50. The molecule has 0 saturated heterocycles. The number of rotatable bonds is 2. The number of ketones is 1. The molecule has 1 unspecified atom stereocenters. The molecule has 2 aromatic rings. The van der Waals surface area contributed by atoms with Gasteiger partial charge in [0.1, 0.15) is 0 Å². The Bertz CT molecular complexity index is 521. The standard InChI is InChI=1S/C10H7BrClNO2/c11-5-1-2-6-7(9(14)10(12)15)4-13-8(6)3-5/h1-4,10,13,15H. The van der Waals surface area contributed by atoms with Crippen LogP contribution in [0.4, 0.5) is 0 Å². The van der Waals surface area contributed by atoms with E-state index < -0.39 is 11.3 Å². The van der Waals surface area contributed by atoms with E-state index in [0.717, 1.165) is 15.4 Å². The van der Waals surface area contributed by atoms with Crippen molar-refractivity contribution >= 4 is 44.2 Å². The predicted octanol–water partition coefficient (Wildman–Crippen LogP) is 2.67. The van der Waals surface area contributed by atoms with Crippen molar-refractivity contribution in [1.82, 2.24) is 4.98 Å². The minimum absolute atomic E-state index is 0.403. The van der Waals surface area contributed by atoms with E-state index in [-0.39, 0.29) is 0 Å². The number of benzene rings is 1. The van der Waals surface area contributed by atoms with Gasteiger partial charge in [-0.2, -0.15) is 0 Å². The second-order valence-electron chi connectivity index (χ2n) is 3.09. The minimum atomic E-state index is -1.49. The summed E-state index contributed by atoms with van der Waals surface area (Å²) in [7, 11) is 0. The van der Waals surface area contributed by atoms with E-state index in [9.17, 15) is 4.79 Å². The third kappa shape index (κ3) is 1.93. The molecular formula is C10H7BrClNO2. The molecule has 0 aliphatic rings. The van der Waals surface area contributed by atoms with E-state index in [1.54, 1.807) is 12.3 Å². The number of Topliss-reactive ketones (excluding diaryl/α,β-unsaturated/α-hetero) is 1. The molecule has 0 spiro atoms. The molecular weight excluding hydrogens is 281 g/mol. The highest BCUT2D eigenvalue weighted by Crippen LogP contribution is 2.23. The number of aliphatic hydroxyl groups is 1. The van der Waals surface area contributed by atoms with Crippen LogP contribution in [-0.4, -0.2) is 21.4 Å². The van der Waals surface area contributed by atoms with Crippen molar-refractivity contribution in [2.24, 2.45) is 0 Å². The number of aromatic amines is 1. The van der Waals surface area contributed by atoms with Crippen LogP contribution in [0.2, 0.25) is 0 Å². The Hall–Kier alpha value is -0.840. The number of carbonyl (C=O) groups excluding carboxylic acids is 1. The Kier molecular flexibility index (Phi) is 2.82. The lowest BCUT2D eigenvalue weighted by Gasteiger charge is -1.99. The average molecular weight is 289 g/mol. The molecule has 0 aliphatic heterocycles. The van der Waals surface area contributed by atoms with Gasteiger partial charge in [0.2, 0.25) is 5.78 Å². The summed E-state index contributed by atoms with van der Waals surface area (Å²) in [4.78, 5) is 14.4. The van der Waals surface area contributed by atoms with Gasteiger partial charge in [0.05, 0.1) is 0 Å². The molecule has 0 aliphatic carbocycles. The Morgan fingerprint density at radius 1 is 1.53 bits per heavy atom. The fourth-order valence-corrected chi connectivity index (χ4v) is 1.91. The maximum absolute atomic E-state index is 11.5. The van der Waals surface area contributed by atoms with Crippen molar-refractivity contribution in [3.8, 4) is 0 Å². The van der Waals surface area contributed by atoms with Gasteiger partial charge in [-0.3, -0.25) is 4.79 Å². The van der Waals surface area contributed by atoms with Gasteiger partial charge in [0.15, 0.2) is 5.56 Å². The fourth-order valence-electron chi connectivity index (χ4n) is 1.43. The normalized spacial score (nSPS) is 13.0. The molecule has 1 aromatic heterocycles. The number of fused-ring (bicyclic) bond motifs is 1. The maximum Gasteiger partial charge on any atom is 0.208 e. The average Bonchev–Trinajstić information content (AvgIpc) is 2.59. The lowest BCUT2D eigenvalue weighted by molar-refractivity contribution is 0.0862. The van der Waals surface area contributed by atoms with Crippen molar-refractivity contribution in [1.29, 1.82) is 0 Å². The molecule has 2 N–H and O–H groups in total. The molecule has 0 radical (unpaired) electrons. The van der Waals surface area contributed by atoms with Crippen LogP contribution in [0.25, 0.3) is 10.9 Å². The molecule has 0 fully saturated rings. The van der Waals surface area contributed by atoms with Crippen LogP contribution in [0, 0.1) is 0 Å². The number of aromatic nitrogens is 1. The second-order valence-corrected chi connectivity index (χ2v) is 4.42. The molecule has 0 bridgehead atoms. The predicted molar refractivity (Wildman–Crippen MR) is 62.2 cm³/mol. The molecule has 2 rings (SSSR count). The summed E-state index contributed by atoms with van der Waals surface area (Å²) < 4.78 is 0.919. The summed E-state index contributed by atoms with van der Waals surface area (Å²) in [6, 6.07) is 5.47. The van der Waals surface area contributed by atoms with E-state index in [1.807, 2.05) is 12.1 Å². The van der Waals surface area contributed by atoms with E-state index >= 15 is 0 Å². The first-order valence-electron chi connectivity index (χ1n) is 4.22. The number of hydrogen-bond acceptors (Lipinski definition) is 2. The smallest absolute Gasteiger partial charge is 0.208 e. The summed E-state index contributed by atoms with van der Waals surface area (Å²) >= 11 is 8.66. The molecule has 5 heteroatoms. The third-order valence-electron chi connectivity index (χ3n) is 2.13. The van der Waals surface area contributed by atoms with Crippen LogP contribution in [0.1, 0.15) is 10.4 Å². The van der Waals surface area contributed by atoms with E-state index in [4.69, 9.17) is 16.7 Å². The van der Waals surface area contributed by atoms with Crippen molar-refractivity contribution in [2.45, 2.75) is 5.56 Å². The largest absolute Gasteiger partial charge is 0.371 e. The SMILES string of the molecule is O=C(c1c[nH]c2cc(Br)ccc12)C(O)Cl. The quantitative estimate of drug-likeness (QED) is 0.659. The molecule has 1 heterocycles. The molecule has 15 heavy (non-hydrogen) atoms. The maximum atomic E-state index is 11.5. The van der Waals surface area contributed by atoms with Gasteiger partial charge >= 0.3 is 0 Å². The van der Waals surface area contributed by atoms with Gasteiger partial charge in [0, 0.05) is 27.1 Å². The number of nitrogens with one attached hydrogen (secondary N) is 1. The highest BCUT2D eigenvalue weighted by Gasteiger charge is 2.17. The minimum Gasteiger partial charge on any atom is -0.371 e. The highest BCUT2D eigenvalue weighted by atomic mass is 79.9. The monoisotopic (exact) mass is 287 g/mol. The van der Waals surface area contributed by atoms with Gasteiger partial charge in [-0.15, -0.1) is 0 Å². The molecule has 0 saturated carbocycles. The Morgan fingerprint density at radius 3 is 2.93 bits per heavy atom. The lowest BCUT2D eigenvalue weighted by atomic mass is 10.1. The number of carbonyl (C=O) groups is 1. The Morgan fingerprint density at radius 2 is 2.27 bits per heavy atom. The summed E-state index contributed by atoms with van der Waals surface area (Å²) in [6.45, 7) is 0. The number of H-pyrrole nitrogens is 1. The summed E-state index contributed by atoms with van der Waals surface area (Å²) in [6.07, 6.45) is 1.55. The zero-order valence-corrected chi connectivity index (χ0v) is 9.84. The van der Waals surface area contributed by atoms with Gasteiger partial charge in [-0.05, 0) is 12.1 Å². The second kappa shape index (κ2) is 3.96. The van der Waals surface area contributed by atoms with Crippen LogP contribution < -0.4 is 0 Å². The number of alkyl halides is 1. The molecule has 78 valence electrons. The highest BCUT2D eigenvalue weighted by molar-refractivity contribution is 9.10. The van der Waals surface area contributed by atoms with Crippen molar-refractivity contribution < 1.29 is 9.90 Å². The lowest BCUT2D eigenvalue weighted by Crippen LogP contribution is -2.12. The van der Waals surface area contributed by atoms with E-state index in [0.29, 0.717) is 5.56 Å². The van der Waals surface area contributed by atoms with Gasteiger partial charge in [0.25, 0.3) is 0 Å². The molecule has 1 atom stereocenters. The summed E-state index contributed by atoms with van der Waals surface area (Å²) in [5, 5.41) is 9.75. The van der Waals surface area contributed by atoms with Crippen molar-refractivity contribution in [3.63, 3.8) is 0 Å². The molecule has 1 aromatic carbocycles. The van der Waals surface area contributed by atoms with Crippen molar-refractivity contribution in [2.75, 3.05) is 0 Å². The fraction of sp³-hybridized carbons (Fsp3) is 0.100. The van der Waals surface area contributed by atoms with Gasteiger partial charge < -0.3 is 10.1 Å².